The van der Waals surface area contributed by atoms with E-state index in [0.29, 0.717) is 30.7 Å². The Morgan fingerprint density at radius 1 is 1.41 bits per heavy atom. The van der Waals surface area contributed by atoms with Crippen LogP contribution in [-0.2, 0) is 4.74 Å². The maximum Gasteiger partial charge on any atom is 0.277 e. The maximum absolute atomic E-state index is 12.2. The van der Waals surface area contributed by atoms with Gasteiger partial charge in [-0.05, 0) is 25.0 Å². The highest BCUT2D eigenvalue weighted by Gasteiger charge is 2.22. The van der Waals surface area contributed by atoms with Gasteiger partial charge in [0.15, 0.2) is 11.6 Å². The van der Waals surface area contributed by atoms with Crippen LogP contribution in [0.25, 0.3) is 0 Å². The summed E-state index contributed by atoms with van der Waals surface area (Å²) >= 11 is 0. The standard InChI is InChI=1S/C15H17N3O4/c1-20-15-11(3-2-6-16-15)17-13(19)12-9-22-14(18-12)10-4-7-21-8-5-10/h2-3,6,9-10H,4-5,7-8H2,1H3,(H,17,19). The molecule has 0 spiro atoms. The van der Waals surface area contributed by atoms with Crippen LogP contribution in [0.1, 0.15) is 35.1 Å². The van der Waals surface area contributed by atoms with E-state index in [4.69, 9.17) is 13.9 Å². The molecule has 1 aliphatic heterocycles. The van der Waals surface area contributed by atoms with Crippen LogP contribution >= 0.6 is 0 Å². The number of ether oxygens (including phenoxy) is 2. The Morgan fingerprint density at radius 3 is 3.00 bits per heavy atom. The van der Waals surface area contributed by atoms with Crippen molar-refractivity contribution in [2.24, 2.45) is 0 Å². The Morgan fingerprint density at radius 2 is 2.23 bits per heavy atom. The van der Waals surface area contributed by atoms with Gasteiger partial charge in [0.1, 0.15) is 12.0 Å². The molecule has 116 valence electrons. The van der Waals surface area contributed by atoms with E-state index in [1.54, 1.807) is 18.3 Å². The normalized spacial score (nSPS) is 15.5. The highest BCUT2D eigenvalue weighted by atomic mass is 16.5. The number of hydrogen-bond acceptors (Lipinski definition) is 6. The fourth-order valence-electron chi connectivity index (χ4n) is 2.36. The minimum absolute atomic E-state index is 0.211. The number of methoxy groups -OCH3 is 1. The lowest BCUT2D eigenvalue weighted by atomic mass is 10.0. The Bertz CT molecular complexity index is 650. The molecule has 0 atom stereocenters. The van der Waals surface area contributed by atoms with Crippen molar-refractivity contribution < 1.29 is 18.7 Å². The van der Waals surface area contributed by atoms with E-state index >= 15 is 0 Å². The molecule has 0 unspecified atom stereocenters. The summed E-state index contributed by atoms with van der Waals surface area (Å²) in [5, 5.41) is 2.72. The summed E-state index contributed by atoms with van der Waals surface area (Å²) < 4.78 is 15.9. The molecule has 2 aromatic rings. The van der Waals surface area contributed by atoms with Crippen LogP contribution in [0.15, 0.2) is 29.0 Å². The highest BCUT2D eigenvalue weighted by Crippen LogP contribution is 2.26. The van der Waals surface area contributed by atoms with Gasteiger partial charge in [0.05, 0.1) is 7.11 Å². The van der Waals surface area contributed by atoms with Gasteiger partial charge in [-0.3, -0.25) is 4.79 Å². The van der Waals surface area contributed by atoms with Crippen LogP contribution in [0.2, 0.25) is 0 Å². The van der Waals surface area contributed by atoms with Crippen LogP contribution < -0.4 is 10.1 Å². The van der Waals surface area contributed by atoms with E-state index < -0.39 is 0 Å². The number of amides is 1. The minimum Gasteiger partial charge on any atom is -0.480 e. The third-order valence-electron chi connectivity index (χ3n) is 3.54. The van der Waals surface area contributed by atoms with E-state index in [1.165, 1.54) is 13.4 Å². The largest absolute Gasteiger partial charge is 0.480 e. The van der Waals surface area contributed by atoms with E-state index in [9.17, 15) is 4.79 Å². The van der Waals surface area contributed by atoms with E-state index in [0.717, 1.165) is 12.8 Å². The van der Waals surface area contributed by atoms with Crippen LogP contribution in [0, 0.1) is 0 Å². The van der Waals surface area contributed by atoms with Crippen molar-refractivity contribution in [2.75, 3.05) is 25.6 Å². The SMILES string of the molecule is COc1ncccc1NC(=O)c1coc(C2CCOCC2)n1. The second kappa shape index (κ2) is 6.57. The Balaban J connectivity index is 1.71. The fraction of sp³-hybridized carbons (Fsp3) is 0.400. The van der Waals surface area contributed by atoms with Crippen LogP contribution in [0.3, 0.4) is 0 Å². The number of nitrogens with one attached hydrogen (secondary N) is 1. The van der Waals surface area contributed by atoms with Crippen molar-refractivity contribution in [1.82, 2.24) is 9.97 Å². The molecular weight excluding hydrogens is 286 g/mol. The molecular formula is C15H17N3O4. The zero-order valence-electron chi connectivity index (χ0n) is 12.2. The predicted octanol–water partition coefficient (Wildman–Crippen LogP) is 2.22. The van der Waals surface area contributed by atoms with Gasteiger partial charge in [-0.1, -0.05) is 0 Å². The smallest absolute Gasteiger partial charge is 0.277 e. The van der Waals surface area contributed by atoms with Crippen LogP contribution in [0.5, 0.6) is 5.88 Å². The number of rotatable bonds is 4. The lowest BCUT2D eigenvalue weighted by Crippen LogP contribution is -2.16. The number of carbonyl (C=O) groups excluding carboxylic acids is 1. The van der Waals surface area contributed by atoms with Crippen LogP contribution in [-0.4, -0.2) is 36.2 Å². The maximum atomic E-state index is 12.2. The lowest BCUT2D eigenvalue weighted by molar-refractivity contribution is 0.0794. The second-order valence-electron chi connectivity index (χ2n) is 4.97. The first kappa shape index (κ1) is 14.5. The number of nitrogens with zero attached hydrogens (tertiary/aromatic N) is 2. The highest BCUT2D eigenvalue weighted by molar-refractivity contribution is 6.03. The van der Waals surface area contributed by atoms with Gasteiger partial charge in [-0.2, -0.15) is 0 Å². The molecule has 3 heterocycles. The number of oxazole rings is 1. The molecule has 1 fully saturated rings. The Hall–Kier alpha value is -2.41. The summed E-state index contributed by atoms with van der Waals surface area (Å²) in [6, 6.07) is 3.43. The molecule has 0 radical (unpaired) electrons. The van der Waals surface area contributed by atoms with Gasteiger partial charge >= 0.3 is 0 Å². The molecule has 0 bridgehead atoms. The molecule has 1 saturated heterocycles. The minimum atomic E-state index is -0.353. The van der Waals surface area contributed by atoms with Gasteiger partial charge in [0, 0.05) is 25.3 Å². The molecule has 22 heavy (non-hydrogen) atoms. The molecule has 3 rings (SSSR count). The third-order valence-corrected chi connectivity index (χ3v) is 3.54. The van der Waals surface area contributed by atoms with Crippen LogP contribution in [0.4, 0.5) is 5.69 Å². The molecule has 2 aromatic heterocycles. The van der Waals surface area contributed by atoms with Gasteiger partial charge in [-0.25, -0.2) is 9.97 Å². The Labute approximate surface area is 127 Å². The lowest BCUT2D eigenvalue weighted by Gasteiger charge is -2.18. The average molecular weight is 303 g/mol. The quantitative estimate of drug-likeness (QED) is 0.932. The third kappa shape index (κ3) is 3.09. The van der Waals surface area contributed by atoms with Crippen molar-refractivity contribution in [3.8, 4) is 5.88 Å². The summed E-state index contributed by atoms with van der Waals surface area (Å²) in [6.07, 6.45) is 4.69. The van der Waals surface area contributed by atoms with E-state index in [-0.39, 0.29) is 17.5 Å². The second-order valence-corrected chi connectivity index (χ2v) is 4.97. The van der Waals surface area contributed by atoms with Crippen molar-refractivity contribution in [2.45, 2.75) is 18.8 Å². The molecule has 1 amide bonds. The molecule has 7 nitrogen and oxygen atoms in total. The molecule has 0 aliphatic carbocycles. The zero-order valence-corrected chi connectivity index (χ0v) is 12.2. The number of anilines is 1. The summed E-state index contributed by atoms with van der Waals surface area (Å²) in [5.74, 6) is 0.798. The summed E-state index contributed by atoms with van der Waals surface area (Å²) in [7, 11) is 1.50. The molecule has 0 aromatic carbocycles. The molecule has 1 N–H and O–H groups in total. The van der Waals surface area contributed by atoms with E-state index in [2.05, 4.69) is 15.3 Å². The monoisotopic (exact) mass is 303 g/mol. The average Bonchev–Trinajstić information content (AvgIpc) is 3.06. The van der Waals surface area contributed by atoms with Crippen molar-refractivity contribution in [1.29, 1.82) is 0 Å². The number of pyridine rings is 1. The van der Waals surface area contributed by atoms with E-state index in [1.807, 2.05) is 0 Å². The van der Waals surface area contributed by atoms with Crippen molar-refractivity contribution >= 4 is 11.6 Å². The summed E-state index contributed by atoms with van der Waals surface area (Å²) in [6.45, 7) is 1.39. The zero-order chi connectivity index (χ0) is 15.4. The number of carbonyl (C=O) groups is 1. The van der Waals surface area contributed by atoms with Gasteiger partial charge in [-0.15, -0.1) is 0 Å². The predicted molar refractivity (Wildman–Crippen MR) is 78.0 cm³/mol. The number of aromatic nitrogens is 2. The van der Waals surface area contributed by atoms with Gasteiger partial charge < -0.3 is 19.2 Å². The first-order valence-electron chi connectivity index (χ1n) is 7.11. The molecule has 7 heteroatoms. The van der Waals surface area contributed by atoms with Crippen molar-refractivity contribution in [3.05, 3.63) is 36.2 Å². The number of hydrogen-bond donors (Lipinski definition) is 1. The Kier molecular flexibility index (Phi) is 4.34. The van der Waals surface area contributed by atoms with Crippen molar-refractivity contribution in [3.63, 3.8) is 0 Å². The summed E-state index contributed by atoms with van der Waals surface area (Å²) in [4.78, 5) is 20.6. The first-order valence-corrected chi connectivity index (χ1v) is 7.11. The molecule has 0 saturated carbocycles. The molecule has 1 aliphatic rings. The first-order chi connectivity index (χ1) is 10.8. The summed E-state index contributed by atoms with van der Waals surface area (Å²) in [5.41, 5.74) is 0.734. The fourth-order valence-corrected chi connectivity index (χ4v) is 2.36. The van der Waals surface area contributed by atoms with Gasteiger partial charge in [0.25, 0.3) is 5.91 Å². The van der Waals surface area contributed by atoms with Gasteiger partial charge in [0.2, 0.25) is 5.88 Å². The topological polar surface area (TPSA) is 86.5 Å².